The predicted octanol–water partition coefficient (Wildman–Crippen LogP) is 5.33. The number of aliphatic hydroxyl groups excluding tert-OH is 1. The molecule has 3 N–H and O–H groups in total. The average Bonchev–Trinajstić information content (AvgIpc) is 3.11. The first kappa shape index (κ1) is 43.9. The Balaban J connectivity index is 1.49. The smallest absolute Gasteiger partial charge is 0.380 e. The maximum absolute atomic E-state index is 14.1. The van der Waals surface area contributed by atoms with Gasteiger partial charge < -0.3 is 19.9 Å². The molecule has 1 fully saturated rings. The summed E-state index contributed by atoms with van der Waals surface area (Å²) in [6.07, 6.45) is -6.51. The van der Waals surface area contributed by atoms with Crippen molar-refractivity contribution in [2.75, 3.05) is 55.2 Å². The third kappa shape index (κ3) is 11.2. The SMILES string of the molecule is CC(C)(C)OC(O)N1CCc2c(nc(C(F)(F)F)nc2NS(=O)(=O)c2ccc(N[C@H](CCN3CCOCC3)CSc3ccccc3)c(S(=O)(=O)C(F)(F)F)c2)C1. The van der Waals surface area contributed by atoms with E-state index in [-0.39, 0.29) is 24.2 Å². The molecule has 0 spiro atoms. The first-order valence-corrected chi connectivity index (χ1v) is 21.3. The molecule has 22 heteroatoms. The summed E-state index contributed by atoms with van der Waals surface area (Å²) < 4.78 is 151. The summed E-state index contributed by atoms with van der Waals surface area (Å²) in [6.45, 7) is 7.25. The van der Waals surface area contributed by atoms with Gasteiger partial charge in [0.1, 0.15) is 10.7 Å². The van der Waals surface area contributed by atoms with Gasteiger partial charge in [-0.3, -0.25) is 9.62 Å². The van der Waals surface area contributed by atoms with E-state index in [9.17, 15) is 48.3 Å². The minimum Gasteiger partial charge on any atom is -0.380 e. The minimum absolute atomic E-state index is 0.0305. The average molecular weight is 857 g/mol. The molecule has 1 unspecified atom stereocenters. The van der Waals surface area contributed by atoms with Crippen molar-refractivity contribution in [1.82, 2.24) is 19.8 Å². The van der Waals surface area contributed by atoms with Crippen LogP contribution in [0.5, 0.6) is 0 Å². The van der Waals surface area contributed by atoms with Gasteiger partial charge in [-0.25, -0.2) is 31.7 Å². The van der Waals surface area contributed by atoms with Gasteiger partial charge in [-0.15, -0.1) is 11.8 Å². The van der Waals surface area contributed by atoms with Crippen LogP contribution < -0.4 is 10.0 Å². The number of hydrogen-bond acceptors (Lipinski definition) is 13. The Morgan fingerprint density at radius 1 is 0.964 bits per heavy atom. The zero-order valence-corrected chi connectivity index (χ0v) is 33.0. The Morgan fingerprint density at radius 2 is 1.64 bits per heavy atom. The number of nitrogens with one attached hydrogen (secondary N) is 2. The summed E-state index contributed by atoms with van der Waals surface area (Å²) in [4.78, 5) is 8.81. The molecular weight excluding hydrogens is 815 g/mol. The molecule has 3 aromatic rings. The number of aliphatic hydroxyl groups is 1. The van der Waals surface area contributed by atoms with E-state index in [0.717, 1.165) is 17.0 Å². The lowest BCUT2D eigenvalue weighted by atomic mass is 10.1. The molecule has 310 valence electrons. The van der Waals surface area contributed by atoms with Gasteiger partial charge in [0.15, 0.2) is 0 Å². The van der Waals surface area contributed by atoms with Crippen LogP contribution in [-0.4, -0.2) is 110 Å². The van der Waals surface area contributed by atoms with Crippen LogP contribution in [-0.2, 0) is 48.5 Å². The van der Waals surface area contributed by atoms with Gasteiger partial charge in [-0.05, 0) is 63.9 Å². The first-order valence-electron chi connectivity index (χ1n) is 17.3. The fourth-order valence-electron chi connectivity index (χ4n) is 5.86. The number of halogens is 6. The quantitative estimate of drug-likeness (QED) is 0.108. The molecule has 2 aliphatic heterocycles. The molecule has 0 saturated carbocycles. The second-order valence-electron chi connectivity index (χ2n) is 14.0. The van der Waals surface area contributed by atoms with Gasteiger partial charge in [0, 0.05) is 55.0 Å². The Bertz CT molecular complexity index is 2050. The van der Waals surface area contributed by atoms with E-state index in [1.54, 1.807) is 20.8 Å². The van der Waals surface area contributed by atoms with E-state index in [0.29, 0.717) is 51.1 Å². The molecular formula is C34H42F6N6O7S3. The topological polar surface area (TPSA) is 163 Å². The second-order valence-corrected chi connectivity index (χ2v) is 18.7. The van der Waals surface area contributed by atoms with Crippen molar-refractivity contribution in [3.05, 3.63) is 65.6 Å². The van der Waals surface area contributed by atoms with E-state index in [1.807, 2.05) is 35.1 Å². The van der Waals surface area contributed by atoms with Crippen LogP contribution in [0.4, 0.5) is 37.8 Å². The van der Waals surface area contributed by atoms with Crippen LogP contribution in [0.2, 0.25) is 0 Å². The second kappa shape index (κ2) is 17.3. The van der Waals surface area contributed by atoms with E-state index in [2.05, 4.69) is 20.2 Å². The summed E-state index contributed by atoms with van der Waals surface area (Å²) in [5, 5.41) is 13.5. The molecule has 1 aromatic heterocycles. The molecule has 56 heavy (non-hydrogen) atoms. The molecule has 0 amide bonds. The minimum atomic E-state index is -6.18. The summed E-state index contributed by atoms with van der Waals surface area (Å²) in [6, 6.07) is 10.5. The van der Waals surface area contributed by atoms with Gasteiger partial charge in [-0.1, -0.05) is 18.2 Å². The number of nitrogens with zero attached hydrogens (tertiary/aromatic N) is 4. The van der Waals surface area contributed by atoms with Crippen LogP contribution in [0.1, 0.15) is 44.3 Å². The molecule has 2 aliphatic rings. The number of aromatic nitrogens is 2. The number of ether oxygens (including phenoxy) is 2. The fourth-order valence-corrected chi connectivity index (χ4v) is 8.93. The molecule has 0 bridgehead atoms. The Kier molecular flexibility index (Phi) is 13.6. The lowest BCUT2D eigenvalue weighted by molar-refractivity contribution is -0.242. The monoisotopic (exact) mass is 856 g/mol. The van der Waals surface area contributed by atoms with Crippen LogP contribution in [0.25, 0.3) is 0 Å². The number of alkyl halides is 6. The van der Waals surface area contributed by atoms with E-state index < -0.39 is 83.3 Å². The largest absolute Gasteiger partial charge is 0.501 e. The van der Waals surface area contributed by atoms with Gasteiger partial charge in [0.2, 0.25) is 12.2 Å². The first-order chi connectivity index (χ1) is 26.0. The van der Waals surface area contributed by atoms with Crippen molar-refractivity contribution in [3.8, 4) is 0 Å². The standard InChI is InChI=1S/C34H42F6N6O7S3/c1-32(2,3)53-31(47)46-14-12-25-27(20-46)42-30(33(35,36)37)43-29(25)44-56(50,51)24-9-10-26(28(19-24)55(48,49)34(38,39)40)41-22(11-13-45-15-17-52-18-16-45)21-54-23-7-5-4-6-8-23/h4-10,19,22,31,41,47H,11-18,20-21H2,1-3H3,(H,42,43,44)/t22-,31?/m1/s1. The number of hydrogen-bond donors (Lipinski definition) is 3. The molecule has 1 saturated heterocycles. The van der Waals surface area contributed by atoms with Gasteiger partial charge in [0.25, 0.3) is 19.9 Å². The van der Waals surface area contributed by atoms with Crippen molar-refractivity contribution >= 4 is 43.1 Å². The Hall–Kier alpha value is -3.25. The Labute approximate surface area is 325 Å². The number of benzene rings is 2. The molecule has 3 heterocycles. The van der Waals surface area contributed by atoms with Crippen molar-refractivity contribution in [1.29, 1.82) is 0 Å². The zero-order chi connectivity index (χ0) is 41.1. The number of sulfonamides is 1. The maximum Gasteiger partial charge on any atom is 0.501 e. The van der Waals surface area contributed by atoms with Gasteiger partial charge in [0.05, 0.1) is 35.1 Å². The van der Waals surface area contributed by atoms with Crippen LogP contribution >= 0.6 is 11.8 Å². The van der Waals surface area contributed by atoms with Crippen molar-refractivity contribution in [2.45, 2.75) is 84.6 Å². The molecule has 0 aliphatic carbocycles. The van der Waals surface area contributed by atoms with E-state index >= 15 is 0 Å². The molecule has 5 rings (SSSR count). The van der Waals surface area contributed by atoms with Crippen molar-refractivity contribution in [3.63, 3.8) is 0 Å². The van der Waals surface area contributed by atoms with Crippen LogP contribution in [0, 0.1) is 0 Å². The molecule has 13 nitrogen and oxygen atoms in total. The summed E-state index contributed by atoms with van der Waals surface area (Å²) in [5.41, 5.74) is -7.55. The van der Waals surface area contributed by atoms with Crippen molar-refractivity contribution < 1.29 is 57.8 Å². The van der Waals surface area contributed by atoms with Gasteiger partial charge in [-0.2, -0.15) is 26.3 Å². The van der Waals surface area contributed by atoms with E-state index in [1.165, 1.54) is 16.7 Å². The summed E-state index contributed by atoms with van der Waals surface area (Å²) in [7, 11) is -11.3. The Morgan fingerprint density at radius 3 is 2.27 bits per heavy atom. The highest BCUT2D eigenvalue weighted by Crippen LogP contribution is 2.38. The predicted molar refractivity (Wildman–Crippen MR) is 195 cm³/mol. The zero-order valence-electron chi connectivity index (χ0n) is 30.5. The van der Waals surface area contributed by atoms with Gasteiger partial charge >= 0.3 is 11.7 Å². The highest BCUT2D eigenvalue weighted by atomic mass is 32.2. The number of morpholine rings is 1. The number of sulfone groups is 1. The summed E-state index contributed by atoms with van der Waals surface area (Å²) in [5.74, 6) is -2.24. The summed E-state index contributed by atoms with van der Waals surface area (Å²) >= 11 is 1.38. The number of rotatable bonds is 14. The maximum atomic E-state index is 14.1. The number of thioether (sulfide) groups is 1. The lowest BCUT2D eigenvalue weighted by Gasteiger charge is -2.35. The third-order valence-electron chi connectivity index (χ3n) is 8.66. The lowest BCUT2D eigenvalue weighted by Crippen LogP contribution is -2.45. The highest BCUT2D eigenvalue weighted by Gasteiger charge is 2.48. The normalized spacial score (nSPS) is 17.6. The molecule has 0 radical (unpaired) electrons. The van der Waals surface area contributed by atoms with Crippen LogP contribution in [0.15, 0.2) is 63.2 Å². The highest BCUT2D eigenvalue weighted by molar-refractivity contribution is 7.99. The fraction of sp³-hybridized carbons (Fsp3) is 0.529. The van der Waals surface area contributed by atoms with E-state index in [4.69, 9.17) is 9.47 Å². The third-order valence-corrected chi connectivity index (χ3v) is 12.7. The number of fused-ring (bicyclic) bond motifs is 1. The van der Waals surface area contributed by atoms with Crippen LogP contribution in [0.3, 0.4) is 0 Å². The number of anilines is 2. The molecule has 2 atom stereocenters. The molecule has 2 aromatic carbocycles. The van der Waals surface area contributed by atoms with Crippen molar-refractivity contribution in [2.24, 2.45) is 0 Å².